The molecule has 28 heavy (non-hydrogen) atoms. The minimum absolute atomic E-state index is 0.105. The number of aromatic nitrogens is 1. The number of esters is 1. The number of ether oxygens (including phenoxy) is 1. The van der Waals surface area contributed by atoms with Crippen LogP contribution in [0.4, 0.5) is 0 Å². The Labute approximate surface area is 166 Å². The largest absolute Gasteiger partial charge is 0.466 e. The summed E-state index contributed by atoms with van der Waals surface area (Å²) in [4.78, 5) is 40.2. The van der Waals surface area contributed by atoms with Gasteiger partial charge in [0.2, 0.25) is 0 Å². The molecule has 0 radical (unpaired) electrons. The molecule has 0 spiro atoms. The molecule has 0 saturated carbocycles. The lowest BCUT2D eigenvalue weighted by molar-refractivity contribution is -0.149. The maximum Gasteiger partial charge on any atom is 0.310 e. The van der Waals surface area contributed by atoms with E-state index < -0.39 is 0 Å². The van der Waals surface area contributed by atoms with E-state index in [-0.39, 0.29) is 23.4 Å². The Morgan fingerprint density at radius 1 is 1.25 bits per heavy atom. The van der Waals surface area contributed by atoms with Crippen molar-refractivity contribution >= 4 is 44.2 Å². The van der Waals surface area contributed by atoms with Gasteiger partial charge in [-0.15, -0.1) is 11.3 Å². The Morgan fingerprint density at radius 3 is 2.82 bits per heavy atom. The van der Waals surface area contributed by atoms with Crippen LogP contribution in [-0.4, -0.2) is 41.0 Å². The summed E-state index contributed by atoms with van der Waals surface area (Å²) in [5.41, 5.74) is 0.744. The second-order valence-corrected chi connectivity index (χ2v) is 8.13. The van der Waals surface area contributed by atoms with Crippen molar-refractivity contribution in [2.24, 2.45) is 13.0 Å². The minimum Gasteiger partial charge on any atom is -0.466 e. The van der Waals surface area contributed by atoms with Crippen molar-refractivity contribution in [3.63, 3.8) is 0 Å². The Morgan fingerprint density at radius 2 is 2.04 bits per heavy atom. The van der Waals surface area contributed by atoms with Crippen molar-refractivity contribution in [2.45, 2.75) is 19.8 Å². The highest BCUT2D eigenvalue weighted by molar-refractivity contribution is 7.21. The van der Waals surface area contributed by atoms with Crippen LogP contribution >= 0.6 is 11.3 Å². The summed E-state index contributed by atoms with van der Waals surface area (Å²) in [6.07, 6.45) is 1.50. The zero-order valence-electron chi connectivity index (χ0n) is 15.9. The van der Waals surface area contributed by atoms with Crippen LogP contribution < -0.4 is 5.56 Å². The van der Waals surface area contributed by atoms with E-state index >= 15 is 0 Å². The second-order valence-electron chi connectivity index (χ2n) is 7.08. The third-order valence-electron chi connectivity index (χ3n) is 5.32. The fraction of sp³-hybridized carbons (Fsp3) is 0.381. The van der Waals surface area contributed by atoms with Crippen molar-refractivity contribution in [1.82, 2.24) is 9.47 Å². The predicted octanol–water partition coefficient (Wildman–Crippen LogP) is 3.17. The van der Waals surface area contributed by atoms with Gasteiger partial charge in [0.05, 0.1) is 28.3 Å². The first-order chi connectivity index (χ1) is 13.5. The number of carbonyl (C=O) groups excluding carboxylic acids is 2. The number of likely N-dealkylation sites (tertiary alicyclic amines) is 1. The van der Waals surface area contributed by atoms with Crippen LogP contribution in [0.5, 0.6) is 0 Å². The molecule has 1 amide bonds. The van der Waals surface area contributed by atoms with Crippen LogP contribution in [0.25, 0.3) is 21.0 Å². The highest BCUT2D eigenvalue weighted by Crippen LogP contribution is 2.31. The molecule has 4 rings (SSSR count). The second kappa shape index (κ2) is 7.39. The summed E-state index contributed by atoms with van der Waals surface area (Å²) in [6, 6.07) is 9.41. The first-order valence-electron chi connectivity index (χ1n) is 9.48. The van der Waals surface area contributed by atoms with E-state index in [0.29, 0.717) is 30.0 Å². The van der Waals surface area contributed by atoms with E-state index in [1.54, 1.807) is 29.5 Å². The number of fused-ring (bicyclic) bond motifs is 3. The molecule has 3 aromatic rings. The van der Waals surface area contributed by atoms with Gasteiger partial charge in [-0.2, -0.15) is 0 Å². The smallest absolute Gasteiger partial charge is 0.310 e. The molecule has 7 heteroatoms. The molecule has 1 saturated heterocycles. The van der Waals surface area contributed by atoms with Gasteiger partial charge in [-0.25, -0.2) is 0 Å². The number of rotatable bonds is 3. The average Bonchev–Trinajstić information content (AvgIpc) is 3.17. The number of pyridine rings is 1. The van der Waals surface area contributed by atoms with Crippen LogP contribution in [0.3, 0.4) is 0 Å². The Balaban J connectivity index is 1.70. The van der Waals surface area contributed by atoms with Gasteiger partial charge in [-0.05, 0) is 31.9 Å². The van der Waals surface area contributed by atoms with Crippen LogP contribution in [0, 0.1) is 5.92 Å². The Kier molecular flexibility index (Phi) is 4.93. The highest BCUT2D eigenvalue weighted by atomic mass is 32.1. The summed E-state index contributed by atoms with van der Waals surface area (Å²) in [5, 5.41) is 1.53. The topological polar surface area (TPSA) is 68.6 Å². The number of carbonyl (C=O) groups is 2. The standard InChI is InChI=1S/C21H22N2O4S/c1-3-27-21(26)13-7-6-10-23(12-13)20(25)17-11-15-18(28-17)14-8-4-5-9-16(14)22(2)19(15)24/h4-5,8-9,11,13H,3,6-7,10,12H2,1-2H3/t13-/m1/s1. The van der Waals surface area contributed by atoms with E-state index in [1.165, 1.54) is 11.3 Å². The maximum absolute atomic E-state index is 13.1. The van der Waals surface area contributed by atoms with Gasteiger partial charge in [0.25, 0.3) is 11.5 Å². The molecule has 0 bridgehead atoms. The van der Waals surface area contributed by atoms with Crippen LogP contribution in [-0.2, 0) is 16.6 Å². The number of para-hydroxylation sites is 1. The molecule has 0 unspecified atom stereocenters. The fourth-order valence-corrected chi connectivity index (χ4v) is 5.03. The molecule has 1 aliphatic rings. The van der Waals surface area contributed by atoms with E-state index in [0.717, 1.165) is 28.4 Å². The SMILES string of the molecule is CCOC(=O)[C@@H]1CCCN(C(=O)c2cc3c(=O)n(C)c4ccccc4c3s2)C1. The van der Waals surface area contributed by atoms with E-state index in [4.69, 9.17) is 4.74 Å². The highest BCUT2D eigenvalue weighted by Gasteiger charge is 2.30. The molecule has 6 nitrogen and oxygen atoms in total. The van der Waals surface area contributed by atoms with Crippen molar-refractivity contribution in [2.75, 3.05) is 19.7 Å². The van der Waals surface area contributed by atoms with Gasteiger partial charge in [-0.1, -0.05) is 18.2 Å². The number of hydrogen-bond acceptors (Lipinski definition) is 5. The first-order valence-corrected chi connectivity index (χ1v) is 10.3. The van der Waals surface area contributed by atoms with Gasteiger partial charge >= 0.3 is 5.97 Å². The average molecular weight is 398 g/mol. The molecule has 1 aliphatic heterocycles. The number of aryl methyl sites for hydroxylation is 1. The number of piperidine rings is 1. The molecule has 0 N–H and O–H groups in total. The molecule has 1 fully saturated rings. The van der Waals surface area contributed by atoms with Gasteiger partial charge in [0.15, 0.2) is 0 Å². The Bertz CT molecular complexity index is 1130. The molecule has 3 heterocycles. The fourth-order valence-electron chi connectivity index (χ4n) is 3.87. The minimum atomic E-state index is -0.277. The number of thiophene rings is 1. The predicted molar refractivity (Wildman–Crippen MR) is 110 cm³/mol. The zero-order chi connectivity index (χ0) is 19.8. The number of benzene rings is 1. The first kappa shape index (κ1) is 18.7. The summed E-state index contributed by atoms with van der Waals surface area (Å²) < 4.78 is 7.58. The molecule has 2 aromatic heterocycles. The molecule has 146 valence electrons. The molecular formula is C21H22N2O4S. The number of amides is 1. The summed E-state index contributed by atoms with van der Waals surface area (Å²) in [5.74, 6) is -0.640. The van der Waals surface area contributed by atoms with E-state index in [2.05, 4.69) is 0 Å². The van der Waals surface area contributed by atoms with E-state index in [9.17, 15) is 14.4 Å². The third-order valence-corrected chi connectivity index (χ3v) is 6.47. The number of nitrogens with zero attached hydrogens (tertiary/aromatic N) is 2. The van der Waals surface area contributed by atoms with Crippen LogP contribution in [0.1, 0.15) is 29.4 Å². The summed E-state index contributed by atoms with van der Waals surface area (Å²) >= 11 is 1.35. The zero-order valence-corrected chi connectivity index (χ0v) is 16.8. The van der Waals surface area contributed by atoms with Gasteiger partial charge in [-0.3, -0.25) is 14.4 Å². The lowest BCUT2D eigenvalue weighted by Gasteiger charge is -2.31. The van der Waals surface area contributed by atoms with Crippen LogP contribution in [0.2, 0.25) is 0 Å². The summed E-state index contributed by atoms with van der Waals surface area (Å²) in [7, 11) is 1.75. The van der Waals surface area contributed by atoms with Crippen LogP contribution in [0.15, 0.2) is 35.1 Å². The Hall–Kier alpha value is -2.67. The molecule has 0 aliphatic carbocycles. The molecule has 1 aromatic carbocycles. The summed E-state index contributed by atoms with van der Waals surface area (Å²) in [6.45, 7) is 3.11. The van der Waals surface area contributed by atoms with Gasteiger partial charge in [0, 0.05) is 30.2 Å². The monoisotopic (exact) mass is 398 g/mol. The molecule has 1 atom stereocenters. The maximum atomic E-state index is 13.1. The van der Waals surface area contributed by atoms with Crippen molar-refractivity contribution in [3.8, 4) is 0 Å². The van der Waals surface area contributed by atoms with Gasteiger partial charge < -0.3 is 14.2 Å². The van der Waals surface area contributed by atoms with Crippen molar-refractivity contribution < 1.29 is 14.3 Å². The molecular weight excluding hydrogens is 376 g/mol. The van der Waals surface area contributed by atoms with Gasteiger partial charge in [0.1, 0.15) is 0 Å². The lowest BCUT2D eigenvalue weighted by Crippen LogP contribution is -2.42. The third kappa shape index (κ3) is 3.09. The quantitative estimate of drug-likeness (QED) is 0.636. The number of hydrogen-bond donors (Lipinski definition) is 0. The lowest BCUT2D eigenvalue weighted by atomic mass is 9.98. The van der Waals surface area contributed by atoms with E-state index in [1.807, 2.05) is 24.3 Å². The normalized spacial score (nSPS) is 17.2. The van der Waals surface area contributed by atoms with Crippen molar-refractivity contribution in [3.05, 3.63) is 45.6 Å². The van der Waals surface area contributed by atoms with Crippen molar-refractivity contribution in [1.29, 1.82) is 0 Å².